The molecule has 1 aliphatic carbocycles. The van der Waals surface area contributed by atoms with Crippen molar-refractivity contribution in [1.29, 1.82) is 0 Å². The van der Waals surface area contributed by atoms with Crippen LogP contribution in [-0.4, -0.2) is 23.3 Å². The Hall–Kier alpha value is -2.86. The van der Waals surface area contributed by atoms with Crippen LogP contribution in [0, 0.1) is 0 Å². The van der Waals surface area contributed by atoms with Crippen LogP contribution in [0.1, 0.15) is 52.5 Å². The van der Waals surface area contributed by atoms with Gasteiger partial charge in [0.05, 0.1) is 18.8 Å². The molecule has 5 nitrogen and oxygen atoms in total. The molecule has 4 rings (SSSR count). The maximum atomic E-state index is 13.1. The lowest BCUT2D eigenvalue weighted by atomic mass is 9.87. The van der Waals surface area contributed by atoms with Gasteiger partial charge in [-0.15, -0.1) is 0 Å². The fraction of sp³-hybridized carbons (Fsp3) is 0.280. The molecule has 0 spiro atoms. The minimum atomic E-state index is -0.131. The number of fused-ring (bicyclic) bond motifs is 1. The highest BCUT2D eigenvalue weighted by molar-refractivity contribution is 9.10. The van der Waals surface area contributed by atoms with E-state index < -0.39 is 0 Å². The van der Waals surface area contributed by atoms with Gasteiger partial charge in [0.1, 0.15) is 5.76 Å². The molecule has 2 amide bonds. The fourth-order valence-electron chi connectivity index (χ4n) is 4.05. The average Bonchev–Trinajstić information content (AvgIpc) is 3.29. The largest absolute Gasteiger partial charge is 0.467 e. The lowest BCUT2D eigenvalue weighted by Gasteiger charge is -2.27. The van der Waals surface area contributed by atoms with Crippen molar-refractivity contribution < 1.29 is 14.0 Å². The van der Waals surface area contributed by atoms with Gasteiger partial charge in [-0.2, -0.15) is 0 Å². The van der Waals surface area contributed by atoms with E-state index in [1.807, 2.05) is 30.3 Å². The van der Waals surface area contributed by atoms with E-state index >= 15 is 0 Å². The summed E-state index contributed by atoms with van der Waals surface area (Å²) in [6.07, 6.45) is 4.88. The van der Waals surface area contributed by atoms with Crippen molar-refractivity contribution >= 4 is 27.7 Å². The first-order valence-electron chi connectivity index (χ1n) is 10.5. The van der Waals surface area contributed by atoms with E-state index in [1.165, 1.54) is 11.1 Å². The lowest BCUT2D eigenvalue weighted by molar-refractivity contribution is -0.122. The minimum absolute atomic E-state index is 0.0387. The molecule has 0 saturated carbocycles. The van der Waals surface area contributed by atoms with Crippen LogP contribution in [0.15, 0.2) is 75.8 Å². The van der Waals surface area contributed by atoms with Crippen molar-refractivity contribution in [3.05, 3.63) is 93.9 Å². The van der Waals surface area contributed by atoms with Gasteiger partial charge in [-0.1, -0.05) is 46.3 Å². The number of benzene rings is 2. The molecule has 1 aliphatic rings. The summed E-state index contributed by atoms with van der Waals surface area (Å²) in [5.74, 6) is 0.506. The molecule has 31 heavy (non-hydrogen) atoms. The highest BCUT2D eigenvalue weighted by atomic mass is 79.9. The molecule has 2 aromatic carbocycles. The first-order valence-corrected chi connectivity index (χ1v) is 11.3. The predicted octanol–water partition coefficient (Wildman–Crippen LogP) is 5.27. The first kappa shape index (κ1) is 21.4. The summed E-state index contributed by atoms with van der Waals surface area (Å²) in [5.41, 5.74) is 3.09. The number of carbonyl (C=O) groups excluding carboxylic acids is 2. The van der Waals surface area contributed by atoms with Crippen molar-refractivity contribution in [2.75, 3.05) is 6.54 Å². The Labute approximate surface area is 190 Å². The summed E-state index contributed by atoms with van der Waals surface area (Å²) in [7, 11) is 0. The maximum absolute atomic E-state index is 13.1. The smallest absolute Gasteiger partial charge is 0.254 e. The second-order valence-corrected chi connectivity index (χ2v) is 8.69. The number of rotatable bonds is 7. The number of amides is 2. The quantitative estimate of drug-likeness (QED) is 0.500. The van der Waals surface area contributed by atoms with Gasteiger partial charge >= 0.3 is 0 Å². The highest BCUT2D eigenvalue weighted by Gasteiger charge is 2.23. The summed E-state index contributed by atoms with van der Waals surface area (Å²) in [5, 5.41) is 3.17. The average molecular weight is 481 g/mol. The van der Waals surface area contributed by atoms with E-state index in [9.17, 15) is 9.59 Å². The van der Waals surface area contributed by atoms with Gasteiger partial charge in [-0.05, 0) is 60.7 Å². The monoisotopic (exact) mass is 480 g/mol. The molecule has 1 N–H and O–H groups in total. The molecular formula is C25H25BrN2O3. The molecule has 1 atom stereocenters. The molecular weight excluding hydrogens is 456 g/mol. The third kappa shape index (κ3) is 5.44. The molecule has 0 aliphatic heterocycles. The topological polar surface area (TPSA) is 62.6 Å². The second-order valence-electron chi connectivity index (χ2n) is 7.78. The van der Waals surface area contributed by atoms with Gasteiger partial charge in [0.25, 0.3) is 5.91 Å². The van der Waals surface area contributed by atoms with Crippen LogP contribution in [0.2, 0.25) is 0 Å². The normalized spacial score (nSPS) is 15.2. The minimum Gasteiger partial charge on any atom is -0.467 e. The Kier molecular flexibility index (Phi) is 6.87. The third-order valence-corrected chi connectivity index (χ3v) is 6.09. The highest BCUT2D eigenvalue weighted by Crippen LogP contribution is 2.29. The van der Waals surface area contributed by atoms with Crippen molar-refractivity contribution in [3.8, 4) is 0 Å². The van der Waals surface area contributed by atoms with Crippen molar-refractivity contribution in [1.82, 2.24) is 10.2 Å². The van der Waals surface area contributed by atoms with Crippen molar-refractivity contribution in [2.45, 2.75) is 38.3 Å². The molecule has 160 valence electrons. The summed E-state index contributed by atoms with van der Waals surface area (Å²) >= 11 is 3.42. The summed E-state index contributed by atoms with van der Waals surface area (Å²) in [4.78, 5) is 27.5. The van der Waals surface area contributed by atoms with Crippen LogP contribution in [0.4, 0.5) is 0 Å². The van der Waals surface area contributed by atoms with Crippen LogP contribution in [0.25, 0.3) is 0 Å². The molecule has 0 fully saturated rings. The molecule has 6 heteroatoms. The van der Waals surface area contributed by atoms with E-state index in [-0.39, 0.29) is 24.3 Å². The number of nitrogens with one attached hydrogen (secondary N) is 1. The zero-order valence-corrected chi connectivity index (χ0v) is 18.8. The number of halogens is 1. The van der Waals surface area contributed by atoms with E-state index in [4.69, 9.17) is 4.42 Å². The number of nitrogens with zero attached hydrogens (tertiary/aromatic N) is 1. The van der Waals surface area contributed by atoms with E-state index in [0.717, 1.165) is 23.7 Å². The molecule has 1 heterocycles. The van der Waals surface area contributed by atoms with Crippen LogP contribution in [-0.2, 0) is 17.8 Å². The molecule has 0 radical (unpaired) electrons. The Morgan fingerprint density at radius 1 is 1.10 bits per heavy atom. The molecule has 1 unspecified atom stereocenters. The zero-order chi connectivity index (χ0) is 21.6. The third-order valence-electron chi connectivity index (χ3n) is 5.60. The van der Waals surface area contributed by atoms with Gasteiger partial charge in [0, 0.05) is 23.0 Å². The number of hydrogen-bond donors (Lipinski definition) is 1. The predicted molar refractivity (Wildman–Crippen MR) is 122 cm³/mol. The molecule has 1 aromatic heterocycles. The summed E-state index contributed by atoms with van der Waals surface area (Å²) in [6.45, 7) is 0.629. The SMILES string of the molecule is O=C(CCN(Cc1ccco1)C(=O)c1cccc(Br)c1)NC1CCCc2ccccc21. The Balaban J connectivity index is 1.42. The van der Waals surface area contributed by atoms with Gasteiger partial charge in [-0.3, -0.25) is 9.59 Å². The lowest BCUT2D eigenvalue weighted by Crippen LogP contribution is -2.36. The standard InChI is InChI=1S/C25H25BrN2O3/c26-20-9-3-8-19(16-20)25(30)28(17-21-10-5-15-31-21)14-13-24(29)27-23-12-4-7-18-6-1-2-11-22(18)23/h1-3,5-6,8-11,15-16,23H,4,7,12-14,17H2,(H,27,29). The van der Waals surface area contributed by atoms with Gasteiger partial charge in [0.2, 0.25) is 5.91 Å². The van der Waals surface area contributed by atoms with Crippen LogP contribution in [0.3, 0.4) is 0 Å². The van der Waals surface area contributed by atoms with E-state index in [2.05, 4.69) is 33.4 Å². The van der Waals surface area contributed by atoms with E-state index in [1.54, 1.807) is 29.4 Å². The zero-order valence-electron chi connectivity index (χ0n) is 17.2. The molecule has 3 aromatic rings. The number of hydrogen-bond acceptors (Lipinski definition) is 3. The Morgan fingerprint density at radius 3 is 2.77 bits per heavy atom. The maximum Gasteiger partial charge on any atom is 0.254 e. The van der Waals surface area contributed by atoms with Gasteiger partial charge < -0.3 is 14.6 Å². The van der Waals surface area contributed by atoms with Crippen molar-refractivity contribution in [2.24, 2.45) is 0 Å². The first-order chi connectivity index (χ1) is 15.1. The van der Waals surface area contributed by atoms with Crippen LogP contribution < -0.4 is 5.32 Å². The summed E-state index contributed by atoms with van der Waals surface area (Å²) < 4.78 is 6.28. The Morgan fingerprint density at radius 2 is 1.97 bits per heavy atom. The van der Waals surface area contributed by atoms with Gasteiger partial charge in [0.15, 0.2) is 0 Å². The Bertz CT molecular complexity index is 1050. The van der Waals surface area contributed by atoms with Gasteiger partial charge in [-0.25, -0.2) is 0 Å². The second kappa shape index (κ2) is 9.96. The van der Waals surface area contributed by atoms with Crippen LogP contribution >= 0.6 is 15.9 Å². The number of aryl methyl sites for hydroxylation is 1. The molecule has 0 saturated heterocycles. The number of furan rings is 1. The number of carbonyl (C=O) groups is 2. The van der Waals surface area contributed by atoms with E-state index in [0.29, 0.717) is 24.4 Å². The molecule has 0 bridgehead atoms. The van der Waals surface area contributed by atoms with Crippen LogP contribution in [0.5, 0.6) is 0 Å². The van der Waals surface area contributed by atoms with Crippen molar-refractivity contribution in [3.63, 3.8) is 0 Å². The fourth-order valence-corrected chi connectivity index (χ4v) is 4.45. The summed E-state index contributed by atoms with van der Waals surface area (Å²) in [6, 6.07) is 19.2.